The Kier molecular flexibility index (Phi) is 7.44. The summed E-state index contributed by atoms with van der Waals surface area (Å²) in [6.07, 6.45) is 4.24. The summed E-state index contributed by atoms with van der Waals surface area (Å²) >= 11 is 0. The SMILES string of the molecule is COc1c(Oc2ccccc2)nc(S(C)(=O)=O)nc1C(=O)NCC1CCC(C(C)=O)CC1. The van der Waals surface area contributed by atoms with Gasteiger partial charge < -0.3 is 14.8 Å². The van der Waals surface area contributed by atoms with Crippen molar-refractivity contribution in [2.75, 3.05) is 19.9 Å². The van der Waals surface area contributed by atoms with Gasteiger partial charge in [0.1, 0.15) is 11.5 Å². The number of ketones is 1. The molecule has 0 unspecified atom stereocenters. The first-order valence-corrected chi connectivity index (χ1v) is 12.3. The number of Topliss-reactive ketones (excluding diaryl/α,β-unsaturated/α-hetero) is 1. The average molecular weight is 462 g/mol. The molecule has 0 aliphatic heterocycles. The number of carbonyl (C=O) groups is 2. The van der Waals surface area contributed by atoms with Gasteiger partial charge in [0.15, 0.2) is 5.69 Å². The van der Waals surface area contributed by atoms with Crippen molar-refractivity contribution in [1.29, 1.82) is 0 Å². The molecule has 10 heteroatoms. The van der Waals surface area contributed by atoms with E-state index in [9.17, 15) is 18.0 Å². The van der Waals surface area contributed by atoms with Crippen molar-refractivity contribution in [2.24, 2.45) is 11.8 Å². The van der Waals surface area contributed by atoms with E-state index in [1.165, 1.54) is 7.11 Å². The van der Waals surface area contributed by atoms with Crippen LogP contribution in [0.25, 0.3) is 0 Å². The second-order valence-electron chi connectivity index (χ2n) is 7.92. The number of hydrogen-bond acceptors (Lipinski definition) is 8. The van der Waals surface area contributed by atoms with E-state index in [2.05, 4.69) is 15.3 Å². The Morgan fingerprint density at radius 2 is 1.75 bits per heavy atom. The average Bonchev–Trinajstić information content (AvgIpc) is 2.77. The number of aromatic nitrogens is 2. The lowest BCUT2D eigenvalue weighted by Gasteiger charge is -2.27. The van der Waals surface area contributed by atoms with Crippen molar-refractivity contribution in [3.63, 3.8) is 0 Å². The molecule has 2 aromatic rings. The number of nitrogens with one attached hydrogen (secondary N) is 1. The van der Waals surface area contributed by atoms with Crippen LogP contribution < -0.4 is 14.8 Å². The standard InChI is InChI=1S/C22H27N3O6S/c1-14(26)16-11-9-15(10-12-16)13-23-20(27)18-19(30-2)21(25-22(24-18)32(3,28)29)31-17-7-5-4-6-8-17/h4-8,15-16H,9-13H2,1-3H3,(H,23,27). The van der Waals surface area contributed by atoms with Crippen LogP contribution in [0.1, 0.15) is 43.1 Å². The van der Waals surface area contributed by atoms with Gasteiger partial charge in [-0.2, -0.15) is 4.98 Å². The van der Waals surface area contributed by atoms with E-state index in [4.69, 9.17) is 9.47 Å². The number of carbonyl (C=O) groups excluding carboxylic acids is 2. The van der Waals surface area contributed by atoms with Crippen molar-refractivity contribution in [3.8, 4) is 17.4 Å². The highest BCUT2D eigenvalue weighted by molar-refractivity contribution is 7.90. The molecule has 1 heterocycles. The minimum atomic E-state index is -3.82. The van der Waals surface area contributed by atoms with E-state index in [0.29, 0.717) is 12.3 Å². The molecule has 1 aromatic heterocycles. The lowest BCUT2D eigenvalue weighted by Crippen LogP contribution is -2.33. The first-order chi connectivity index (χ1) is 15.2. The van der Waals surface area contributed by atoms with Gasteiger partial charge in [-0.15, -0.1) is 0 Å². The van der Waals surface area contributed by atoms with Gasteiger partial charge in [-0.25, -0.2) is 13.4 Å². The van der Waals surface area contributed by atoms with E-state index < -0.39 is 20.9 Å². The third-order valence-electron chi connectivity index (χ3n) is 5.50. The van der Waals surface area contributed by atoms with E-state index in [1.807, 2.05) is 0 Å². The lowest BCUT2D eigenvalue weighted by atomic mass is 9.80. The van der Waals surface area contributed by atoms with E-state index in [0.717, 1.165) is 31.9 Å². The first kappa shape index (κ1) is 23.6. The fraction of sp³-hybridized carbons (Fsp3) is 0.455. The fourth-order valence-corrected chi connectivity index (χ4v) is 4.18. The Balaban J connectivity index is 1.83. The Labute approximate surface area is 187 Å². The van der Waals surface area contributed by atoms with Crippen LogP contribution in [0.2, 0.25) is 0 Å². The van der Waals surface area contributed by atoms with Gasteiger partial charge in [0.2, 0.25) is 15.6 Å². The number of benzene rings is 1. The van der Waals surface area contributed by atoms with Gasteiger partial charge in [0.25, 0.3) is 16.9 Å². The summed E-state index contributed by atoms with van der Waals surface area (Å²) in [5, 5.41) is 2.28. The van der Waals surface area contributed by atoms with Crippen LogP contribution in [0, 0.1) is 11.8 Å². The molecule has 1 saturated carbocycles. The molecule has 0 atom stereocenters. The van der Waals surface area contributed by atoms with Gasteiger partial charge in [0, 0.05) is 18.7 Å². The lowest BCUT2D eigenvalue weighted by molar-refractivity contribution is -0.121. The number of hydrogen-bond donors (Lipinski definition) is 1. The smallest absolute Gasteiger partial charge is 0.274 e. The van der Waals surface area contributed by atoms with Crippen LogP contribution in [0.4, 0.5) is 0 Å². The summed E-state index contributed by atoms with van der Waals surface area (Å²) in [5.74, 6) is 0.131. The van der Waals surface area contributed by atoms with E-state index in [-0.39, 0.29) is 34.9 Å². The second-order valence-corrected chi connectivity index (χ2v) is 9.83. The first-order valence-electron chi connectivity index (χ1n) is 10.4. The second kappa shape index (κ2) is 10.1. The molecule has 1 aliphatic rings. The zero-order valence-electron chi connectivity index (χ0n) is 18.3. The Morgan fingerprint density at radius 1 is 1.09 bits per heavy atom. The number of rotatable bonds is 8. The zero-order valence-corrected chi connectivity index (χ0v) is 19.1. The molecule has 0 saturated heterocycles. The highest BCUT2D eigenvalue weighted by atomic mass is 32.2. The van der Waals surface area contributed by atoms with Crippen LogP contribution in [-0.4, -0.2) is 50.0 Å². The van der Waals surface area contributed by atoms with Gasteiger partial charge >= 0.3 is 0 Å². The highest BCUT2D eigenvalue weighted by Crippen LogP contribution is 2.33. The molecule has 0 radical (unpaired) electrons. The van der Waals surface area contributed by atoms with Crippen molar-refractivity contribution in [2.45, 2.75) is 37.8 Å². The molecule has 172 valence electrons. The van der Waals surface area contributed by atoms with Gasteiger partial charge in [-0.05, 0) is 50.7 Å². The van der Waals surface area contributed by atoms with Crippen molar-refractivity contribution < 1.29 is 27.5 Å². The number of amides is 1. The monoisotopic (exact) mass is 461 g/mol. The van der Waals surface area contributed by atoms with Crippen LogP contribution in [0.15, 0.2) is 35.5 Å². The van der Waals surface area contributed by atoms with E-state index in [1.54, 1.807) is 37.3 Å². The Hall–Kier alpha value is -3.01. The number of para-hydroxylation sites is 1. The summed E-state index contributed by atoms with van der Waals surface area (Å²) in [4.78, 5) is 32.4. The molecule has 1 aliphatic carbocycles. The molecule has 0 bridgehead atoms. The summed E-state index contributed by atoms with van der Waals surface area (Å²) < 4.78 is 35.3. The predicted octanol–water partition coefficient (Wildman–Crippen LogP) is 2.81. The van der Waals surface area contributed by atoms with Crippen molar-refractivity contribution in [1.82, 2.24) is 15.3 Å². The maximum atomic E-state index is 12.9. The number of methoxy groups -OCH3 is 1. The molecule has 1 fully saturated rings. The molecule has 0 spiro atoms. The summed E-state index contributed by atoms with van der Waals surface area (Å²) in [6, 6.07) is 8.62. The normalized spacial score (nSPS) is 18.6. The molecule has 1 aromatic carbocycles. The maximum absolute atomic E-state index is 12.9. The fourth-order valence-electron chi connectivity index (χ4n) is 3.68. The van der Waals surface area contributed by atoms with Gasteiger partial charge in [-0.3, -0.25) is 9.59 Å². The summed E-state index contributed by atoms with van der Waals surface area (Å²) in [5.41, 5.74) is -0.216. The van der Waals surface area contributed by atoms with Crippen LogP contribution >= 0.6 is 0 Å². The minimum Gasteiger partial charge on any atom is -0.489 e. The predicted molar refractivity (Wildman–Crippen MR) is 117 cm³/mol. The van der Waals surface area contributed by atoms with Crippen LogP contribution in [-0.2, 0) is 14.6 Å². The van der Waals surface area contributed by atoms with Crippen molar-refractivity contribution >= 4 is 21.5 Å². The topological polar surface area (TPSA) is 125 Å². The Morgan fingerprint density at radius 3 is 2.31 bits per heavy atom. The third-order valence-corrected chi connectivity index (χ3v) is 6.34. The van der Waals surface area contributed by atoms with Crippen LogP contribution in [0.5, 0.6) is 17.4 Å². The van der Waals surface area contributed by atoms with E-state index >= 15 is 0 Å². The molecule has 1 amide bonds. The maximum Gasteiger partial charge on any atom is 0.274 e. The number of ether oxygens (including phenoxy) is 2. The third kappa shape index (κ3) is 5.82. The molecular formula is C22H27N3O6S. The quantitative estimate of drug-likeness (QED) is 0.595. The molecule has 9 nitrogen and oxygen atoms in total. The zero-order chi connectivity index (χ0) is 23.3. The summed E-state index contributed by atoms with van der Waals surface area (Å²) in [6.45, 7) is 2.00. The van der Waals surface area contributed by atoms with Crippen molar-refractivity contribution in [3.05, 3.63) is 36.0 Å². The molecule has 1 N–H and O–H groups in total. The van der Waals surface area contributed by atoms with Crippen LogP contribution in [0.3, 0.4) is 0 Å². The summed E-state index contributed by atoms with van der Waals surface area (Å²) in [7, 11) is -2.49. The van der Waals surface area contributed by atoms with Gasteiger partial charge in [0.05, 0.1) is 7.11 Å². The highest BCUT2D eigenvalue weighted by Gasteiger charge is 2.28. The largest absolute Gasteiger partial charge is 0.489 e. The molecule has 3 rings (SSSR count). The minimum absolute atomic E-state index is 0.0564. The Bertz CT molecular complexity index is 1080. The number of nitrogens with zero attached hydrogens (tertiary/aromatic N) is 2. The molecule has 32 heavy (non-hydrogen) atoms. The number of sulfone groups is 1. The molecular weight excluding hydrogens is 434 g/mol. The van der Waals surface area contributed by atoms with Gasteiger partial charge in [-0.1, -0.05) is 18.2 Å².